The smallest absolute Gasteiger partial charge is 0.268 e. The third-order valence-electron chi connectivity index (χ3n) is 17.7. The number of hydroxylamine groups is 1. The molecule has 20 heteroatoms. The zero-order valence-corrected chi connectivity index (χ0v) is 48.8. The van der Waals surface area contributed by atoms with Gasteiger partial charge in [0.15, 0.2) is 11.5 Å². The summed E-state index contributed by atoms with van der Waals surface area (Å²) in [6.07, 6.45) is 11.1. The van der Waals surface area contributed by atoms with Gasteiger partial charge in [-0.2, -0.15) is 0 Å². The number of nitrogens with one attached hydrogen (secondary N) is 2. The molecular formula is C62H75FN9O9S-. The van der Waals surface area contributed by atoms with Gasteiger partial charge in [-0.1, -0.05) is 44.7 Å². The first kappa shape index (κ1) is 57.0. The number of benzene rings is 2. The van der Waals surface area contributed by atoms with E-state index in [2.05, 4.69) is 90.4 Å². The summed E-state index contributed by atoms with van der Waals surface area (Å²) < 4.78 is 70.1. The number of sulfonamides is 1. The quantitative estimate of drug-likeness (QED) is 0.0785. The third kappa shape index (κ3) is 11.7. The summed E-state index contributed by atoms with van der Waals surface area (Å²) in [5.74, 6) is 0.489. The lowest BCUT2D eigenvalue weighted by atomic mass is 9.59. The fourth-order valence-corrected chi connectivity index (χ4v) is 13.9. The molecule has 0 bridgehead atoms. The van der Waals surface area contributed by atoms with Crippen molar-refractivity contribution in [1.29, 1.82) is 0 Å². The molecule has 82 heavy (non-hydrogen) atoms. The maximum atomic E-state index is 15.2. The number of piperazine rings is 1. The van der Waals surface area contributed by atoms with E-state index in [-0.39, 0.29) is 63.1 Å². The minimum atomic E-state index is -4.62. The molecule has 5 aromatic rings. The summed E-state index contributed by atoms with van der Waals surface area (Å²) in [6.45, 7) is 20.2. The highest BCUT2D eigenvalue weighted by Gasteiger charge is 2.50. The van der Waals surface area contributed by atoms with Gasteiger partial charge in [-0.05, 0) is 150 Å². The lowest BCUT2D eigenvalue weighted by molar-refractivity contribution is -0.0630. The van der Waals surface area contributed by atoms with Crippen molar-refractivity contribution >= 4 is 44.5 Å². The minimum Gasteiger partial charge on any atom is -0.758 e. The second-order valence-electron chi connectivity index (χ2n) is 24.6. The Balaban J connectivity index is 0.805. The van der Waals surface area contributed by atoms with E-state index in [1.54, 1.807) is 12.1 Å². The fourth-order valence-electron chi connectivity index (χ4n) is 12.9. The molecule has 2 saturated carbocycles. The molecule has 6 heterocycles. The predicted octanol–water partition coefficient (Wildman–Crippen LogP) is 10.4. The van der Waals surface area contributed by atoms with Crippen molar-refractivity contribution in [1.82, 2.24) is 29.5 Å². The number of methoxy groups -OCH3 is 1. The number of carbonyl (C=O) groups excluding carboxylic acids is 1. The van der Waals surface area contributed by atoms with Crippen LogP contribution < -0.4 is 38.9 Å². The Morgan fingerprint density at radius 1 is 1.00 bits per heavy atom. The van der Waals surface area contributed by atoms with Crippen LogP contribution in [0, 0.1) is 16.5 Å². The molecule has 1 amide bonds. The van der Waals surface area contributed by atoms with Gasteiger partial charge in [0.25, 0.3) is 27.7 Å². The molecule has 18 nitrogen and oxygen atoms in total. The van der Waals surface area contributed by atoms with Gasteiger partial charge in [-0.3, -0.25) is 14.6 Å². The Bertz CT molecular complexity index is 3400. The number of allylic oxidation sites excluding steroid dienone is 2. The molecule has 1 spiro atoms. The Hall–Kier alpha value is -6.84. The summed E-state index contributed by atoms with van der Waals surface area (Å²) in [7, 11) is -1.99. The molecule has 3 N–H and O–H groups in total. The van der Waals surface area contributed by atoms with Crippen molar-refractivity contribution in [3.8, 4) is 29.0 Å². The molecule has 11 rings (SSSR count). The molecule has 2 aromatic carbocycles. The average molecular weight is 1140 g/mol. The molecule has 3 aromatic heterocycles. The first-order chi connectivity index (χ1) is 39.1. The predicted molar refractivity (Wildman–Crippen MR) is 314 cm³/mol. The van der Waals surface area contributed by atoms with Gasteiger partial charge in [0.05, 0.1) is 29.7 Å². The summed E-state index contributed by atoms with van der Waals surface area (Å²) in [6, 6.07) is 19.2. The highest BCUT2D eigenvalue weighted by atomic mass is 32.2. The number of anilines is 3. The average Bonchev–Trinajstić information content (AvgIpc) is 3.41. The van der Waals surface area contributed by atoms with Gasteiger partial charge in [0, 0.05) is 93.2 Å². The second kappa shape index (κ2) is 22.4. The van der Waals surface area contributed by atoms with Crippen LogP contribution in [0.15, 0.2) is 90.6 Å². The highest BCUT2D eigenvalue weighted by Crippen LogP contribution is 2.54. The number of aromatic nitrogens is 3. The van der Waals surface area contributed by atoms with Crippen LogP contribution in [0.3, 0.4) is 0 Å². The Morgan fingerprint density at radius 2 is 1.76 bits per heavy atom. The van der Waals surface area contributed by atoms with Gasteiger partial charge in [0.1, 0.15) is 34.5 Å². The van der Waals surface area contributed by atoms with E-state index >= 15 is 4.39 Å². The van der Waals surface area contributed by atoms with E-state index < -0.39 is 37.9 Å². The summed E-state index contributed by atoms with van der Waals surface area (Å²) in [5, 5.41) is 26.9. The highest BCUT2D eigenvalue weighted by molar-refractivity contribution is 7.90. The van der Waals surface area contributed by atoms with Crippen molar-refractivity contribution in [2.75, 3.05) is 75.3 Å². The SMILES string of the molecule is C=C1C=C(F)c2cc(Oc3cc(N4CCC5(CC4)CC(N4CCN(Cc6ccnc7c6OCC(C)(C)O7)CC4c4ccccc4C(C)C)C5)ccc3C(=O)NS(=O)(=O)c3cnc(NCC4CCC(C)(O)CC4)c(N(C)[O-])c3)c(OC)nc21. The molecule has 3 aliphatic carbocycles. The topological polar surface area (TPSA) is 207 Å². The number of hydrogen-bond acceptors (Lipinski definition) is 17. The van der Waals surface area contributed by atoms with Crippen molar-refractivity contribution < 1.29 is 41.7 Å². The van der Waals surface area contributed by atoms with Crippen molar-refractivity contribution in [3.05, 3.63) is 124 Å². The molecule has 4 fully saturated rings. The zero-order chi connectivity index (χ0) is 57.9. The largest absolute Gasteiger partial charge is 0.758 e. The number of nitrogens with zero attached hydrogens (tertiary/aromatic N) is 7. The zero-order valence-electron chi connectivity index (χ0n) is 48.0. The summed E-state index contributed by atoms with van der Waals surface area (Å²) >= 11 is 0. The maximum absolute atomic E-state index is 15.2. The molecule has 0 radical (unpaired) electrons. The van der Waals surface area contributed by atoms with Gasteiger partial charge >= 0.3 is 0 Å². The number of ether oxygens (including phenoxy) is 4. The molecule has 6 aliphatic rings. The van der Waals surface area contributed by atoms with Gasteiger partial charge in [-0.25, -0.2) is 32.5 Å². The van der Waals surface area contributed by atoms with E-state index in [0.717, 1.165) is 101 Å². The third-order valence-corrected chi connectivity index (χ3v) is 19.0. The van der Waals surface area contributed by atoms with E-state index in [9.17, 15) is 23.5 Å². The van der Waals surface area contributed by atoms with Crippen LogP contribution in [-0.2, 0) is 16.6 Å². The van der Waals surface area contributed by atoms with E-state index in [4.69, 9.17) is 18.9 Å². The molecule has 436 valence electrons. The minimum absolute atomic E-state index is 0.000129. The number of hydrogen-bond donors (Lipinski definition) is 3. The van der Waals surface area contributed by atoms with E-state index in [0.29, 0.717) is 54.5 Å². The first-order valence-electron chi connectivity index (χ1n) is 28.6. The monoisotopic (exact) mass is 1140 g/mol. The lowest BCUT2D eigenvalue weighted by Crippen LogP contribution is -2.60. The number of carbonyl (C=O) groups is 1. The van der Waals surface area contributed by atoms with Crippen molar-refractivity contribution in [2.45, 2.75) is 127 Å². The molecule has 2 saturated heterocycles. The van der Waals surface area contributed by atoms with E-state index in [1.165, 1.54) is 49.6 Å². The summed E-state index contributed by atoms with van der Waals surface area (Å²) in [4.78, 5) is 34.8. The molecule has 1 unspecified atom stereocenters. The van der Waals surface area contributed by atoms with Gasteiger partial charge < -0.3 is 44.5 Å². The number of aliphatic hydroxyl groups is 1. The summed E-state index contributed by atoms with van der Waals surface area (Å²) in [5.41, 5.74) is 4.21. The van der Waals surface area contributed by atoms with Gasteiger partial charge in [-0.15, -0.1) is 0 Å². The van der Waals surface area contributed by atoms with Crippen LogP contribution in [0.1, 0.15) is 136 Å². The second-order valence-corrected chi connectivity index (χ2v) is 26.2. The number of fused-ring (bicyclic) bond motifs is 2. The Labute approximate surface area is 480 Å². The van der Waals surface area contributed by atoms with Crippen molar-refractivity contribution in [3.63, 3.8) is 0 Å². The fraction of sp³-hybridized carbons (Fsp3) is 0.484. The van der Waals surface area contributed by atoms with E-state index in [1.807, 2.05) is 27.0 Å². The standard InChI is InChI=1S/C62H75FN9O9S/c1-38(2)45-11-9-10-12-46(45)51-36-70(35-41-17-22-64-59-55(41)79-37-60(4,5)81-59)25-26-72(51)43-31-62(32-43)20-23-71(24-21-62)42-13-14-47(52(28-42)80-53-30-48-49(63)27-39(3)54(48)67-58(53)78-8)57(73)68-82(76,77)44-29-50(69(7)75)56(66-34-44)65-33-40-15-18-61(6,74)19-16-40/h9-14,17,22,27-30,34,38,40,43,51,74H,3,15-16,18-21,23-26,31-33,35-37H2,1-2,4-8H3,(H,65,66)(H,68,73)/q-1. The van der Waals surface area contributed by atoms with Crippen LogP contribution in [0.4, 0.5) is 21.6 Å². The Morgan fingerprint density at radius 3 is 2.49 bits per heavy atom. The van der Waals surface area contributed by atoms with Gasteiger partial charge in [0.2, 0.25) is 0 Å². The van der Waals surface area contributed by atoms with Crippen LogP contribution in [0.25, 0.3) is 11.4 Å². The normalized spacial score (nSPS) is 22.5. The van der Waals surface area contributed by atoms with Crippen LogP contribution >= 0.6 is 0 Å². The lowest BCUT2D eigenvalue weighted by Gasteiger charge is -2.58. The number of pyridine rings is 3. The Kier molecular flexibility index (Phi) is 15.6. The first-order valence-corrected chi connectivity index (χ1v) is 30.1. The van der Waals surface area contributed by atoms with Crippen LogP contribution in [0.5, 0.6) is 29.0 Å². The molecule has 3 aliphatic heterocycles. The van der Waals surface area contributed by atoms with Crippen molar-refractivity contribution in [2.24, 2.45) is 11.3 Å². The number of piperidine rings is 1. The molecule has 1 atom stereocenters. The number of amides is 1. The number of halogens is 1. The molecular weight excluding hydrogens is 1070 g/mol. The maximum Gasteiger partial charge on any atom is 0.268 e. The number of rotatable bonds is 16. The van der Waals surface area contributed by atoms with Crippen LogP contribution in [-0.4, -0.2) is 121 Å². The van der Waals surface area contributed by atoms with Crippen LogP contribution in [0.2, 0.25) is 0 Å².